The summed E-state index contributed by atoms with van der Waals surface area (Å²) < 4.78 is 6.22. The highest BCUT2D eigenvalue weighted by molar-refractivity contribution is 5.94. The van der Waals surface area contributed by atoms with E-state index in [0.29, 0.717) is 31.1 Å². The molecule has 1 heterocycles. The molecule has 0 fully saturated rings. The fourth-order valence-corrected chi connectivity index (χ4v) is 4.83. The van der Waals surface area contributed by atoms with E-state index >= 15 is 0 Å². The van der Waals surface area contributed by atoms with Gasteiger partial charge in [0.1, 0.15) is 5.75 Å². The number of rotatable bonds is 8. The Morgan fingerprint density at radius 1 is 1.03 bits per heavy atom. The molecule has 3 aromatic rings. The number of nitrogens with zero attached hydrogens (tertiary/aromatic N) is 1. The quantitative estimate of drug-likeness (QED) is 0.408. The topological polar surface area (TPSA) is 58.6 Å². The first kappa shape index (κ1) is 25.5. The van der Waals surface area contributed by atoms with Crippen molar-refractivity contribution >= 4 is 17.5 Å². The Labute approximate surface area is 214 Å². The SMILES string of the molecule is CCC(Oc1ccc2c(c1)C(c1ccccc1)N(C(=O)CC(C)C)CC2)C(=O)Nc1cccc(C)c1. The number of fused-ring (bicyclic) bond motifs is 1. The number of anilines is 1. The summed E-state index contributed by atoms with van der Waals surface area (Å²) in [6, 6.07) is 23.8. The van der Waals surface area contributed by atoms with E-state index in [9.17, 15) is 9.59 Å². The summed E-state index contributed by atoms with van der Waals surface area (Å²) in [5, 5.41) is 2.97. The van der Waals surface area contributed by atoms with Crippen molar-refractivity contribution in [3.8, 4) is 5.75 Å². The number of hydrogen-bond acceptors (Lipinski definition) is 3. The number of carbonyl (C=O) groups excluding carboxylic acids is 2. The van der Waals surface area contributed by atoms with Crippen LogP contribution in [0.2, 0.25) is 0 Å². The molecular formula is C31H36N2O3. The maximum absolute atomic E-state index is 13.2. The molecule has 0 bridgehead atoms. The lowest BCUT2D eigenvalue weighted by Gasteiger charge is -2.38. The van der Waals surface area contributed by atoms with E-state index < -0.39 is 6.10 Å². The van der Waals surface area contributed by atoms with Crippen molar-refractivity contribution in [1.82, 2.24) is 4.90 Å². The van der Waals surface area contributed by atoms with Gasteiger partial charge in [0.15, 0.2) is 6.10 Å². The van der Waals surface area contributed by atoms with Crippen LogP contribution in [0.4, 0.5) is 5.69 Å². The number of amides is 2. The van der Waals surface area contributed by atoms with Crippen molar-refractivity contribution in [3.63, 3.8) is 0 Å². The molecule has 2 unspecified atom stereocenters. The Bertz CT molecular complexity index is 1210. The van der Waals surface area contributed by atoms with Crippen molar-refractivity contribution in [1.29, 1.82) is 0 Å². The van der Waals surface area contributed by atoms with Crippen molar-refractivity contribution in [2.24, 2.45) is 5.92 Å². The predicted molar refractivity (Wildman–Crippen MR) is 144 cm³/mol. The monoisotopic (exact) mass is 484 g/mol. The van der Waals surface area contributed by atoms with E-state index in [0.717, 1.165) is 28.8 Å². The van der Waals surface area contributed by atoms with Crippen LogP contribution in [0.25, 0.3) is 0 Å². The highest BCUT2D eigenvalue weighted by Crippen LogP contribution is 2.38. The van der Waals surface area contributed by atoms with Crippen LogP contribution in [-0.2, 0) is 16.0 Å². The number of aryl methyl sites for hydroxylation is 1. The van der Waals surface area contributed by atoms with E-state index in [4.69, 9.17) is 4.74 Å². The number of ether oxygens (including phenoxy) is 1. The summed E-state index contributed by atoms with van der Waals surface area (Å²) in [7, 11) is 0. The maximum Gasteiger partial charge on any atom is 0.265 e. The van der Waals surface area contributed by atoms with E-state index in [2.05, 4.69) is 37.4 Å². The van der Waals surface area contributed by atoms with Gasteiger partial charge in [-0.2, -0.15) is 0 Å². The standard InChI is InChI=1S/C31H36N2O3/c1-5-28(31(35)32-25-13-9-10-22(4)19-25)36-26-15-14-23-16-17-33(29(34)18-21(2)3)30(27(23)20-26)24-11-7-6-8-12-24/h6-15,19-21,28,30H,5,16-18H2,1-4H3,(H,32,35). The van der Waals surface area contributed by atoms with Gasteiger partial charge in [-0.1, -0.05) is 69.3 Å². The van der Waals surface area contributed by atoms with Crippen molar-refractivity contribution < 1.29 is 14.3 Å². The fourth-order valence-electron chi connectivity index (χ4n) is 4.83. The van der Waals surface area contributed by atoms with Crippen LogP contribution in [0.15, 0.2) is 72.8 Å². The molecule has 188 valence electrons. The van der Waals surface area contributed by atoms with E-state index in [1.54, 1.807) is 0 Å². The highest BCUT2D eigenvalue weighted by Gasteiger charge is 2.32. The van der Waals surface area contributed by atoms with Crippen LogP contribution in [0.3, 0.4) is 0 Å². The van der Waals surface area contributed by atoms with Crippen LogP contribution in [0.1, 0.15) is 61.9 Å². The smallest absolute Gasteiger partial charge is 0.265 e. The molecule has 36 heavy (non-hydrogen) atoms. The van der Waals surface area contributed by atoms with Crippen LogP contribution >= 0.6 is 0 Å². The Balaban J connectivity index is 1.61. The second kappa shape index (κ2) is 11.4. The van der Waals surface area contributed by atoms with E-state index in [-0.39, 0.29) is 17.9 Å². The average molecular weight is 485 g/mol. The zero-order valence-corrected chi connectivity index (χ0v) is 21.7. The van der Waals surface area contributed by atoms with Gasteiger partial charge in [0, 0.05) is 18.7 Å². The van der Waals surface area contributed by atoms with Crippen LogP contribution in [-0.4, -0.2) is 29.4 Å². The Morgan fingerprint density at radius 3 is 2.50 bits per heavy atom. The molecule has 0 aliphatic carbocycles. The lowest BCUT2D eigenvalue weighted by molar-refractivity contribution is -0.134. The first-order valence-corrected chi connectivity index (χ1v) is 12.9. The number of nitrogens with one attached hydrogen (secondary N) is 1. The minimum atomic E-state index is -0.624. The van der Waals surface area contributed by atoms with Gasteiger partial charge in [-0.25, -0.2) is 0 Å². The molecule has 5 nitrogen and oxygen atoms in total. The molecule has 0 spiro atoms. The predicted octanol–water partition coefficient (Wildman–Crippen LogP) is 6.31. The van der Waals surface area contributed by atoms with Crippen LogP contribution in [0, 0.1) is 12.8 Å². The molecule has 3 aromatic carbocycles. The van der Waals surface area contributed by atoms with Gasteiger partial charge < -0.3 is 15.0 Å². The van der Waals surface area contributed by atoms with Crippen molar-refractivity contribution in [2.45, 2.75) is 59.1 Å². The zero-order chi connectivity index (χ0) is 25.7. The Morgan fingerprint density at radius 2 is 1.81 bits per heavy atom. The molecule has 5 heteroatoms. The molecule has 1 aliphatic rings. The van der Waals surface area contributed by atoms with Gasteiger partial charge in [-0.3, -0.25) is 9.59 Å². The van der Waals surface area contributed by atoms with Gasteiger partial charge in [0.25, 0.3) is 5.91 Å². The first-order chi connectivity index (χ1) is 17.4. The summed E-state index contributed by atoms with van der Waals surface area (Å²) in [4.78, 5) is 28.2. The first-order valence-electron chi connectivity index (χ1n) is 12.9. The minimum Gasteiger partial charge on any atom is -0.481 e. The third-order valence-electron chi connectivity index (χ3n) is 6.59. The van der Waals surface area contributed by atoms with Crippen LogP contribution in [0.5, 0.6) is 5.75 Å². The van der Waals surface area contributed by atoms with Crippen molar-refractivity contribution in [2.75, 3.05) is 11.9 Å². The summed E-state index contributed by atoms with van der Waals surface area (Å²) >= 11 is 0. The molecule has 1 aliphatic heterocycles. The van der Waals surface area contributed by atoms with Crippen LogP contribution < -0.4 is 10.1 Å². The van der Waals surface area contributed by atoms with Gasteiger partial charge >= 0.3 is 0 Å². The van der Waals surface area contributed by atoms with Crippen molar-refractivity contribution in [3.05, 3.63) is 95.1 Å². The third-order valence-corrected chi connectivity index (χ3v) is 6.59. The molecular weight excluding hydrogens is 448 g/mol. The van der Waals surface area contributed by atoms with Gasteiger partial charge in [0.2, 0.25) is 5.91 Å². The molecule has 1 N–H and O–H groups in total. The largest absolute Gasteiger partial charge is 0.481 e. The minimum absolute atomic E-state index is 0.166. The molecule has 2 atom stereocenters. The summed E-state index contributed by atoms with van der Waals surface area (Å²) in [5.41, 5.74) is 5.20. The molecule has 0 saturated heterocycles. The fraction of sp³-hybridized carbons (Fsp3) is 0.355. The van der Waals surface area contributed by atoms with Gasteiger partial charge in [0.05, 0.1) is 6.04 Å². The second-order valence-corrected chi connectivity index (χ2v) is 9.98. The Hall–Kier alpha value is -3.60. The number of carbonyl (C=O) groups is 2. The molecule has 0 saturated carbocycles. The van der Waals surface area contributed by atoms with Gasteiger partial charge in [-0.05, 0) is 72.2 Å². The third kappa shape index (κ3) is 5.96. The highest BCUT2D eigenvalue weighted by atomic mass is 16.5. The summed E-state index contributed by atoms with van der Waals surface area (Å²) in [5.74, 6) is 0.926. The Kier molecular flexibility index (Phi) is 8.09. The zero-order valence-electron chi connectivity index (χ0n) is 21.7. The number of hydrogen-bond donors (Lipinski definition) is 1. The average Bonchev–Trinajstić information content (AvgIpc) is 2.86. The molecule has 0 aromatic heterocycles. The second-order valence-electron chi connectivity index (χ2n) is 9.98. The lowest BCUT2D eigenvalue weighted by atomic mass is 9.87. The maximum atomic E-state index is 13.2. The summed E-state index contributed by atoms with van der Waals surface area (Å²) in [6.45, 7) is 8.78. The van der Waals surface area contributed by atoms with E-state index in [1.165, 1.54) is 5.56 Å². The normalized spacial score (nSPS) is 15.8. The van der Waals surface area contributed by atoms with E-state index in [1.807, 2.05) is 73.3 Å². The molecule has 2 amide bonds. The lowest BCUT2D eigenvalue weighted by Crippen LogP contribution is -2.41. The molecule has 0 radical (unpaired) electrons. The molecule has 4 rings (SSSR count). The number of benzene rings is 3. The van der Waals surface area contributed by atoms with Gasteiger partial charge in [-0.15, -0.1) is 0 Å². The summed E-state index contributed by atoms with van der Waals surface area (Å²) in [6.07, 6.45) is 1.23.